The lowest BCUT2D eigenvalue weighted by Gasteiger charge is -1.96. The molecule has 0 fully saturated rings. The van der Waals surface area contributed by atoms with Crippen LogP contribution in [-0.2, 0) is 9.84 Å². The third-order valence-corrected chi connectivity index (χ3v) is 3.90. The Morgan fingerprint density at radius 1 is 1.21 bits per heavy atom. The van der Waals surface area contributed by atoms with Gasteiger partial charge in [0.25, 0.3) is 0 Å². The van der Waals surface area contributed by atoms with Gasteiger partial charge in [0, 0.05) is 13.9 Å². The maximum atomic E-state index is 11.5. The van der Waals surface area contributed by atoms with E-state index in [1.807, 2.05) is 18.2 Å². The Morgan fingerprint density at radius 2 is 2.05 bits per heavy atom. The molecule has 3 rings (SSSR count). The Bertz CT molecular complexity index is 844. The van der Waals surface area contributed by atoms with E-state index in [2.05, 4.69) is 15.0 Å². The summed E-state index contributed by atoms with van der Waals surface area (Å²) in [4.78, 5) is 12.0. The molecule has 0 spiro atoms. The zero-order valence-electron chi connectivity index (χ0n) is 10.2. The molecule has 0 unspecified atom stereocenters. The van der Waals surface area contributed by atoms with Gasteiger partial charge in [-0.2, -0.15) is 0 Å². The van der Waals surface area contributed by atoms with E-state index in [0.717, 1.165) is 5.69 Å². The molecule has 0 saturated heterocycles. The van der Waals surface area contributed by atoms with Crippen LogP contribution in [0.2, 0.25) is 0 Å². The van der Waals surface area contributed by atoms with Crippen molar-refractivity contribution in [2.45, 2.75) is 4.90 Å². The summed E-state index contributed by atoms with van der Waals surface area (Å²) in [6.45, 7) is 0. The van der Waals surface area contributed by atoms with Gasteiger partial charge in [0.1, 0.15) is 5.69 Å². The van der Waals surface area contributed by atoms with Crippen molar-refractivity contribution in [3.63, 3.8) is 0 Å². The summed E-state index contributed by atoms with van der Waals surface area (Å²) in [5.74, 6) is 0.626. The molecule has 2 aromatic heterocycles. The molecule has 6 heteroatoms. The van der Waals surface area contributed by atoms with Crippen LogP contribution < -0.4 is 0 Å². The van der Waals surface area contributed by atoms with Crippen LogP contribution in [0, 0.1) is 0 Å². The second-order valence-corrected chi connectivity index (χ2v) is 6.27. The molecule has 0 radical (unpaired) electrons. The zero-order chi connectivity index (χ0) is 13.5. The van der Waals surface area contributed by atoms with Crippen LogP contribution in [-0.4, -0.2) is 29.6 Å². The summed E-state index contributed by atoms with van der Waals surface area (Å²) < 4.78 is 23.0. The van der Waals surface area contributed by atoms with E-state index < -0.39 is 9.84 Å². The summed E-state index contributed by atoms with van der Waals surface area (Å²) >= 11 is 0. The van der Waals surface area contributed by atoms with Crippen LogP contribution in [0.5, 0.6) is 0 Å². The van der Waals surface area contributed by atoms with Crippen LogP contribution in [0.15, 0.2) is 47.5 Å². The average Bonchev–Trinajstić information content (AvgIpc) is 2.81. The first-order valence-corrected chi connectivity index (χ1v) is 7.54. The van der Waals surface area contributed by atoms with Gasteiger partial charge in [-0.15, -0.1) is 0 Å². The van der Waals surface area contributed by atoms with Gasteiger partial charge < -0.3 is 4.98 Å². The first kappa shape index (κ1) is 11.9. The fourth-order valence-corrected chi connectivity index (χ4v) is 2.49. The molecule has 0 amide bonds. The molecule has 5 nitrogen and oxygen atoms in total. The molecule has 0 atom stereocenters. The van der Waals surface area contributed by atoms with E-state index >= 15 is 0 Å². The molecule has 98 valence electrons. The molecule has 0 aliphatic carbocycles. The lowest BCUT2D eigenvalue weighted by atomic mass is 10.3. The van der Waals surface area contributed by atoms with E-state index in [1.54, 1.807) is 24.4 Å². The maximum Gasteiger partial charge on any atom is 0.175 e. The maximum absolute atomic E-state index is 11.5. The minimum atomic E-state index is -3.21. The highest BCUT2D eigenvalue weighted by Gasteiger charge is 2.11. The van der Waals surface area contributed by atoms with Crippen molar-refractivity contribution < 1.29 is 9.84 Å². The molecule has 0 aliphatic rings. The highest BCUT2D eigenvalue weighted by Crippen LogP contribution is 2.21. The SMILES string of the molecule is CS(=O)(=O)c1ccc2nc(-c3ccccn3)[nH]c2c1.[HH]. The third-order valence-electron chi connectivity index (χ3n) is 2.79. The number of hydrogen-bond donors (Lipinski definition) is 1. The number of nitrogens with zero attached hydrogens (tertiary/aromatic N) is 2. The van der Waals surface area contributed by atoms with Gasteiger partial charge in [-0.05, 0) is 30.3 Å². The summed E-state index contributed by atoms with van der Waals surface area (Å²) in [7, 11) is -3.21. The highest BCUT2D eigenvalue weighted by molar-refractivity contribution is 7.90. The number of aromatic nitrogens is 3. The second kappa shape index (κ2) is 4.17. The van der Waals surface area contributed by atoms with Crippen LogP contribution in [0.3, 0.4) is 0 Å². The average molecular weight is 275 g/mol. The smallest absolute Gasteiger partial charge is 0.175 e. The van der Waals surface area contributed by atoms with E-state index in [4.69, 9.17) is 0 Å². The van der Waals surface area contributed by atoms with Crippen LogP contribution in [0.1, 0.15) is 1.43 Å². The van der Waals surface area contributed by atoms with Crippen molar-refractivity contribution >= 4 is 20.9 Å². The van der Waals surface area contributed by atoms with Gasteiger partial charge >= 0.3 is 0 Å². The van der Waals surface area contributed by atoms with Crippen LogP contribution in [0.4, 0.5) is 0 Å². The van der Waals surface area contributed by atoms with Gasteiger partial charge in [-0.25, -0.2) is 13.4 Å². The Kier molecular flexibility index (Phi) is 2.60. The van der Waals surface area contributed by atoms with Crippen molar-refractivity contribution in [1.29, 1.82) is 0 Å². The lowest BCUT2D eigenvalue weighted by molar-refractivity contribution is 0.602. The fourth-order valence-electron chi connectivity index (χ4n) is 1.84. The molecular formula is C13H13N3O2S. The quantitative estimate of drug-likeness (QED) is 0.778. The Balaban J connectivity index is 0.00000147. The minimum Gasteiger partial charge on any atom is -0.337 e. The second-order valence-electron chi connectivity index (χ2n) is 4.25. The molecule has 0 aliphatic heterocycles. The van der Waals surface area contributed by atoms with E-state index in [9.17, 15) is 8.42 Å². The molecule has 1 aromatic carbocycles. The van der Waals surface area contributed by atoms with Gasteiger partial charge in [0.15, 0.2) is 15.7 Å². The van der Waals surface area contributed by atoms with Gasteiger partial charge in [0.2, 0.25) is 0 Å². The normalized spacial score (nSPS) is 11.8. The Hall–Kier alpha value is -2.21. The number of hydrogen-bond acceptors (Lipinski definition) is 4. The Labute approximate surface area is 111 Å². The topological polar surface area (TPSA) is 75.7 Å². The third kappa shape index (κ3) is 2.22. The van der Waals surface area contributed by atoms with E-state index in [1.165, 1.54) is 6.26 Å². The number of nitrogens with one attached hydrogen (secondary N) is 1. The number of fused-ring (bicyclic) bond motifs is 1. The molecule has 3 aromatic rings. The zero-order valence-corrected chi connectivity index (χ0v) is 11.0. The summed E-state index contributed by atoms with van der Waals surface area (Å²) in [6, 6.07) is 10.4. The largest absolute Gasteiger partial charge is 0.337 e. The van der Waals surface area contributed by atoms with Crippen molar-refractivity contribution in [3.8, 4) is 11.5 Å². The van der Waals surface area contributed by atoms with Crippen molar-refractivity contribution in [2.24, 2.45) is 0 Å². The number of pyridine rings is 1. The summed E-state index contributed by atoms with van der Waals surface area (Å²) in [5, 5.41) is 0. The van der Waals surface area contributed by atoms with Gasteiger partial charge in [0.05, 0.1) is 15.9 Å². The van der Waals surface area contributed by atoms with Gasteiger partial charge in [-0.1, -0.05) is 6.07 Å². The minimum absolute atomic E-state index is 0. The molecule has 1 N–H and O–H groups in total. The molecule has 19 heavy (non-hydrogen) atoms. The number of benzene rings is 1. The Morgan fingerprint density at radius 3 is 2.74 bits per heavy atom. The van der Waals surface area contributed by atoms with Gasteiger partial charge in [-0.3, -0.25) is 4.98 Å². The lowest BCUT2D eigenvalue weighted by Crippen LogP contribution is -1.96. The molecular weight excluding hydrogens is 262 g/mol. The highest BCUT2D eigenvalue weighted by atomic mass is 32.2. The first-order valence-electron chi connectivity index (χ1n) is 5.65. The predicted octanol–water partition coefficient (Wildman–Crippen LogP) is 2.27. The van der Waals surface area contributed by atoms with E-state index in [0.29, 0.717) is 16.9 Å². The fraction of sp³-hybridized carbons (Fsp3) is 0.0769. The number of rotatable bonds is 2. The van der Waals surface area contributed by atoms with Crippen molar-refractivity contribution in [3.05, 3.63) is 42.6 Å². The van der Waals surface area contributed by atoms with Crippen molar-refractivity contribution in [1.82, 2.24) is 15.0 Å². The first-order chi connectivity index (χ1) is 9.04. The monoisotopic (exact) mass is 275 g/mol. The standard InChI is InChI=1S/C13H11N3O2S.H2/c1-19(17,18)9-5-6-10-12(8-9)16-13(15-10)11-4-2-3-7-14-11;/h2-8H,1H3,(H,15,16);1H. The molecule has 0 bridgehead atoms. The number of imidazole rings is 1. The summed E-state index contributed by atoms with van der Waals surface area (Å²) in [5.41, 5.74) is 2.12. The molecule has 0 saturated carbocycles. The van der Waals surface area contributed by atoms with Crippen LogP contribution in [0.25, 0.3) is 22.6 Å². The van der Waals surface area contributed by atoms with E-state index in [-0.39, 0.29) is 6.32 Å². The van der Waals surface area contributed by atoms with Crippen molar-refractivity contribution in [2.75, 3.05) is 6.26 Å². The number of aromatic amines is 1. The summed E-state index contributed by atoms with van der Waals surface area (Å²) in [6.07, 6.45) is 2.87. The number of H-pyrrole nitrogens is 1. The number of sulfone groups is 1. The predicted molar refractivity (Wildman–Crippen MR) is 74.5 cm³/mol. The van der Waals surface area contributed by atoms with Crippen LogP contribution >= 0.6 is 0 Å². The molecule has 2 heterocycles.